The van der Waals surface area contributed by atoms with E-state index in [0.29, 0.717) is 18.0 Å². The Balaban J connectivity index is 1.47. The summed E-state index contributed by atoms with van der Waals surface area (Å²) in [5, 5.41) is 4.56. The number of nitrogens with zero attached hydrogens (tertiary/aromatic N) is 2. The van der Waals surface area contributed by atoms with Gasteiger partial charge in [0.1, 0.15) is 5.82 Å². The summed E-state index contributed by atoms with van der Waals surface area (Å²) in [6.07, 6.45) is 5.88. The molecule has 1 aromatic carbocycles. The van der Waals surface area contributed by atoms with Crippen molar-refractivity contribution in [3.05, 3.63) is 71.4 Å². The van der Waals surface area contributed by atoms with Crippen molar-refractivity contribution in [2.24, 2.45) is 0 Å². The fourth-order valence-corrected chi connectivity index (χ4v) is 3.01. The van der Waals surface area contributed by atoms with Crippen molar-refractivity contribution in [2.45, 2.75) is 13.0 Å². The van der Waals surface area contributed by atoms with E-state index in [2.05, 4.69) is 15.3 Å². The summed E-state index contributed by atoms with van der Waals surface area (Å²) < 4.78 is 1.96. The number of H-pyrrole nitrogens is 1. The Morgan fingerprint density at radius 2 is 2.21 bits per heavy atom. The minimum absolute atomic E-state index is 0.0523. The highest BCUT2D eigenvalue weighted by molar-refractivity contribution is 6.31. The molecule has 0 aliphatic rings. The lowest BCUT2D eigenvalue weighted by Gasteiger charge is -2.05. The number of imidazole rings is 1. The van der Waals surface area contributed by atoms with Gasteiger partial charge in [-0.2, -0.15) is 0 Å². The average molecular weight is 339 g/mol. The standard InChI is InChI=1S/C18H15ClN4O/c19-13-4-5-16-15(8-13)12(9-20-16)7-18(24)22-11-17-21-10-14-3-1-2-6-23(14)17/h1-6,8-10,20H,7,11H2,(H,22,24). The predicted molar refractivity (Wildman–Crippen MR) is 94.1 cm³/mol. The SMILES string of the molecule is O=C(Cc1c[nH]c2ccc(Cl)cc12)NCc1ncc2ccccn12. The Labute approximate surface area is 143 Å². The number of aromatic nitrogens is 3. The Kier molecular flexibility index (Phi) is 3.70. The molecule has 5 nitrogen and oxygen atoms in total. The minimum Gasteiger partial charge on any atom is -0.361 e. The van der Waals surface area contributed by atoms with Gasteiger partial charge in [0.15, 0.2) is 0 Å². The first kappa shape index (κ1) is 14.8. The van der Waals surface area contributed by atoms with Gasteiger partial charge in [0.2, 0.25) is 5.91 Å². The number of carbonyl (C=O) groups excluding carboxylic acids is 1. The molecule has 0 aliphatic heterocycles. The molecule has 4 rings (SSSR count). The number of rotatable bonds is 4. The Hall–Kier alpha value is -2.79. The van der Waals surface area contributed by atoms with E-state index >= 15 is 0 Å². The van der Waals surface area contributed by atoms with E-state index in [9.17, 15) is 4.79 Å². The molecular formula is C18H15ClN4O. The van der Waals surface area contributed by atoms with Crippen LogP contribution < -0.4 is 5.32 Å². The van der Waals surface area contributed by atoms with Crippen molar-refractivity contribution in [2.75, 3.05) is 0 Å². The first-order valence-corrected chi connectivity index (χ1v) is 8.02. The van der Waals surface area contributed by atoms with Gasteiger partial charge in [-0.15, -0.1) is 0 Å². The van der Waals surface area contributed by atoms with Gasteiger partial charge in [-0.05, 0) is 35.9 Å². The Bertz CT molecular complexity index is 1030. The normalized spacial score (nSPS) is 11.2. The van der Waals surface area contributed by atoms with Crippen molar-refractivity contribution in [1.29, 1.82) is 0 Å². The number of carbonyl (C=O) groups is 1. The molecular weight excluding hydrogens is 324 g/mol. The number of pyridine rings is 1. The zero-order chi connectivity index (χ0) is 16.5. The molecule has 1 amide bonds. The zero-order valence-corrected chi connectivity index (χ0v) is 13.5. The van der Waals surface area contributed by atoms with Gasteiger partial charge in [-0.3, -0.25) is 4.79 Å². The molecule has 3 heterocycles. The van der Waals surface area contributed by atoms with Gasteiger partial charge >= 0.3 is 0 Å². The van der Waals surface area contributed by atoms with Crippen LogP contribution in [0.15, 0.2) is 55.0 Å². The summed E-state index contributed by atoms with van der Waals surface area (Å²) in [6.45, 7) is 0.389. The zero-order valence-electron chi connectivity index (χ0n) is 12.8. The summed E-state index contributed by atoms with van der Waals surface area (Å²) in [5.41, 5.74) is 2.91. The van der Waals surface area contributed by atoms with E-state index in [4.69, 9.17) is 11.6 Å². The summed E-state index contributed by atoms with van der Waals surface area (Å²) >= 11 is 6.04. The van der Waals surface area contributed by atoms with Crippen LogP contribution in [0.1, 0.15) is 11.4 Å². The molecule has 0 fully saturated rings. The first-order chi connectivity index (χ1) is 11.7. The molecule has 0 unspecified atom stereocenters. The largest absolute Gasteiger partial charge is 0.361 e. The van der Waals surface area contributed by atoms with Crippen LogP contribution >= 0.6 is 11.6 Å². The fourth-order valence-electron chi connectivity index (χ4n) is 2.84. The molecule has 3 aromatic heterocycles. The van der Waals surface area contributed by atoms with Gasteiger partial charge in [0.25, 0.3) is 0 Å². The van der Waals surface area contributed by atoms with Gasteiger partial charge in [-0.1, -0.05) is 17.7 Å². The summed E-state index contributed by atoms with van der Waals surface area (Å²) in [5.74, 6) is 0.754. The molecule has 0 atom stereocenters. The lowest BCUT2D eigenvalue weighted by molar-refractivity contribution is -0.120. The monoisotopic (exact) mass is 338 g/mol. The number of benzene rings is 1. The molecule has 120 valence electrons. The number of hydrogen-bond donors (Lipinski definition) is 2. The van der Waals surface area contributed by atoms with Crippen molar-refractivity contribution in [1.82, 2.24) is 19.7 Å². The van der Waals surface area contributed by atoms with E-state index in [1.165, 1.54) is 0 Å². The van der Waals surface area contributed by atoms with Crippen molar-refractivity contribution in [3.8, 4) is 0 Å². The van der Waals surface area contributed by atoms with Crippen LogP contribution in [0.3, 0.4) is 0 Å². The summed E-state index contributed by atoms with van der Waals surface area (Å²) in [6, 6.07) is 11.5. The molecule has 24 heavy (non-hydrogen) atoms. The van der Waals surface area contributed by atoms with E-state index in [1.54, 1.807) is 6.20 Å². The van der Waals surface area contributed by atoms with E-state index < -0.39 is 0 Å². The number of hydrogen-bond acceptors (Lipinski definition) is 2. The van der Waals surface area contributed by atoms with Crippen LogP contribution in [-0.2, 0) is 17.8 Å². The third kappa shape index (κ3) is 2.74. The second-order valence-corrected chi connectivity index (χ2v) is 6.06. The van der Waals surface area contributed by atoms with Gasteiger partial charge in [-0.25, -0.2) is 4.98 Å². The summed E-state index contributed by atoms with van der Waals surface area (Å²) in [4.78, 5) is 19.8. The number of nitrogens with one attached hydrogen (secondary N) is 2. The molecule has 0 saturated heterocycles. The molecule has 0 spiro atoms. The quantitative estimate of drug-likeness (QED) is 0.599. The van der Waals surface area contributed by atoms with E-state index in [0.717, 1.165) is 27.8 Å². The maximum absolute atomic E-state index is 12.3. The number of fused-ring (bicyclic) bond motifs is 2. The highest BCUT2D eigenvalue weighted by Crippen LogP contribution is 2.22. The van der Waals surface area contributed by atoms with Gasteiger partial charge in [0, 0.05) is 28.3 Å². The van der Waals surface area contributed by atoms with Crippen molar-refractivity contribution in [3.63, 3.8) is 0 Å². The second kappa shape index (κ2) is 6.02. The lowest BCUT2D eigenvalue weighted by Crippen LogP contribution is -2.25. The maximum Gasteiger partial charge on any atom is 0.224 e. The van der Waals surface area contributed by atoms with Gasteiger partial charge < -0.3 is 14.7 Å². The van der Waals surface area contributed by atoms with Crippen LogP contribution in [-0.4, -0.2) is 20.3 Å². The highest BCUT2D eigenvalue weighted by Gasteiger charge is 2.10. The second-order valence-electron chi connectivity index (χ2n) is 5.63. The minimum atomic E-state index is -0.0523. The van der Waals surface area contributed by atoms with E-state index in [-0.39, 0.29) is 5.91 Å². The molecule has 0 aliphatic carbocycles. The van der Waals surface area contributed by atoms with Crippen LogP contribution in [0.25, 0.3) is 16.4 Å². The predicted octanol–water partition coefficient (Wildman–Crippen LogP) is 3.33. The average Bonchev–Trinajstić information content (AvgIpc) is 3.17. The lowest BCUT2D eigenvalue weighted by atomic mass is 10.1. The highest BCUT2D eigenvalue weighted by atomic mass is 35.5. The first-order valence-electron chi connectivity index (χ1n) is 7.64. The molecule has 0 bridgehead atoms. The van der Waals surface area contributed by atoms with Crippen LogP contribution in [0.4, 0.5) is 0 Å². The topological polar surface area (TPSA) is 62.2 Å². The van der Waals surface area contributed by atoms with E-state index in [1.807, 2.05) is 53.2 Å². The third-order valence-corrected chi connectivity index (χ3v) is 4.27. The smallest absolute Gasteiger partial charge is 0.224 e. The molecule has 4 aromatic rings. The number of amides is 1. The fraction of sp³-hybridized carbons (Fsp3) is 0.111. The van der Waals surface area contributed by atoms with Gasteiger partial charge in [0.05, 0.1) is 24.7 Å². The molecule has 0 saturated carbocycles. The molecule has 2 N–H and O–H groups in total. The van der Waals surface area contributed by atoms with Crippen LogP contribution in [0.2, 0.25) is 5.02 Å². The maximum atomic E-state index is 12.3. The summed E-state index contributed by atoms with van der Waals surface area (Å²) in [7, 11) is 0. The van der Waals surface area contributed by atoms with Crippen LogP contribution in [0.5, 0.6) is 0 Å². The third-order valence-electron chi connectivity index (χ3n) is 4.04. The molecule has 0 radical (unpaired) electrons. The number of aromatic amines is 1. The molecule has 6 heteroatoms. The Morgan fingerprint density at radius 1 is 1.29 bits per heavy atom. The van der Waals surface area contributed by atoms with Crippen molar-refractivity contribution >= 4 is 33.9 Å². The Morgan fingerprint density at radius 3 is 3.12 bits per heavy atom. The van der Waals surface area contributed by atoms with Crippen molar-refractivity contribution < 1.29 is 4.79 Å². The van der Waals surface area contributed by atoms with Crippen LogP contribution in [0, 0.1) is 0 Å². The number of halogens is 1.